The Morgan fingerprint density at radius 1 is 1.53 bits per heavy atom. The molecule has 0 radical (unpaired) electrons. The van der Waals surface area contributed by atoms with Crippen LogP contribution in [0.3, 0.4) is 0 Å². The Hall–Kier alpha value is -1.15. The summed E-state index contributed by atoms with van der Waals surface area (Å²) in [7, 11) is 3.49. The van der Waals surface area contributed by atoms with Crippen LogP contribution in [0.1, 0.15) is 12.8 Å². The highest BCUT2D eigenvalue weighted by Gasteiger charge is 2.07. The summed E-state index contributed by atoms with van der Waals surface area (Å²) in [5.41, 5.74) is 0. The number of hydrogen-bond acceptors (Lipinski definition) is 6. The fourth-order valence-electron chi connectivity index (χ4n) is 1.15. The SMILES string of the molecule is CN(C)C(=O)CCCSc1nnnn1CCO. The van der Waals surface area contributed by atoms with Crippen LogP contribution < -0.4 is 0 Å². The topological polar surface area (TPSA) is 84.1 Å². The molecular formula is C9H17N5O2S. The zero-order chi connectivity index (χ0) is 12.7. The highest BCUT2D eigenvalue weighted by atomic mass is 32.2. The lowest BCUT2D eigenvalue weighted by Crippen LogP contribution is -2.21. The number of aliphatic hydroxyl groups excluding tert-OH is 1. The monoisotopic (exact) mass is 259 g/mol. The molecule has 1 aromatic rings. The fraction of sp³-hybridized carbons (Fsp3) is 0.778. The zero-order valence-electron chi connectivity index (χ0n) is 10.0. The first-order valence-electron chi connectivity index (χ1n) is 5.35. The minimum atomic E-state index is 0.0116. The van der Waals surface area contributed by atoms with Gasteiger partial charge in [0.1, 0.15) is 0 Å². The van der Waals surface area contributed by atoms with Gasteiger partial charge in [-0.05, 0) is 16.8 Å². The number of thioether (sulfide) groups is 1. The lowest BCUT2D eigenvalue weighted by molar-refractivity contribution is -0.128. The minimum absolute atomic E-state index is 0.0116. The molecule has 8 heteroatoms. The maximum Gasteiger partial charge on any atom is 0.222 e. The van der Waals surface area contributed by atoms with Gasteiger partial charge in [0.15, 0.2) is 0 Å². The van der Waals surface area contributed by atoms with Gasteiger partial charge in [0.2, 0.25) is 11.1 Å². The Kier molecular flexibility index (Phi) is 5.92. The number of hydrogen-bond donors (Lipinski definition) is 1. The molecular weight excluding hydrogens is 242 g/mol. The number of amides is 1. The van der Waals surface area contributed by atoms with Crippen molar-refractivity contribution in [2.75, 3.05) is 26.5 Å². The minimum Gasteiger partial charge on any atom is -0.394 e. The molecule has 0 aliphatic heterocycles. The van der Waals surface area contributed by atoms with E-state index >= 15 is 0 Å². The van der Waals surface area contributed by atoms with E-state index in [1.54, 1.807) is 23.7 Å². The standard InChI is InChI=1S/C9H17N5O2S/c1-13(2)8(16)4-3-7-17-9-10-11-12-14(9)5-6-15/h15H,3-7H2,1-2H3. The summed E-state index contributed by atoms with van der Waals surface area (Å²) in [6.07, 6.45) is 1.31. The van der Waals surface area contributed by atoms with Crippen LogP contribution in [0.25, 0.3) is 0 Å². The summed E-state index contributed by atoms with van der Waals surface area (Å²) in [6, 6.07) is 0. The van der Waals surface area contributed by atoms with Gasteiger partial charge in [0, 0.05) is 26.3 Å². The van der Waals surface area contributed by atoms with Crippen molar-refractivity contribution >= 4 is 17.7 Å². The summed E-state index contributed by atoms with van der Waals surface area (Å²) >= 11 is 1.49. The van der Waals surface area contributed by atoms with Gasteiger partial charge in [-0.1, -0.05) is 11.8 Å². The average Bonchev–Trinajstić information content (AvgIpc) is 2.72. The third-order valence-corrected chi connectivity index (χ3v) is 3.12. The van der Waals surface area contributed by atoms with Gasteiger partial charge in [-0.25, -0.2) is 4.68 Å². The maximum atomic E-state index is 11.3. The van der Waals surface area contributed by atoms with E-state index in [1.165, 1.54) is 11.8 Å². The summed E-state index contributed by atoms with van der Waals surface area (Å²) < 4.78 is 1.55. The lowest BCUT2D eigenvalue weighted by atomic mass is 10.3. The third kappa shape index (κ3) is 4.70. The quantitative estimate of drug-likeness (QED) is 0.531. The van der Waals surface area contributed by atoms with Crippen molar-refractivity contribution in [3.05, 3.63) is 0 Å². The second kappa shape index (κ2) is 7.23. The molecule has 0 atom stereocenters. The van der Waals surface area contributed by atoms with Gasteiger partial charge in [0.05, 0.1) is 13.2 Å². The van der Waals surface area contributed by atoms with Crippen molar-refractivity contribution < 1.29 is 9.90 Å². The molecule has 0 aromatic carbocycles. The van der Waals surface area contributed by atoms with E-state index in [1.807, 2.05) is 0 Å². The predicted octanol–water partition coefficient (Wildman–Crippen LogP) is -0.374. The van der Waals surface area contributed by atoms with Crippen LogP contribution in [0.15, 0.2) is 5.16 Å². The number of aromatic nitrogens is 4. The highest BCUT2D eigenvalue weighted by Crippen LogP contribution is 2.15. The summed E-state index contributed by atoms with van der Waals surface area (Å²) in [6.45, 7) is 0.406. The maximum absolute atomic E-state index is 11.3. The van der Waals surface area contributed by atoms with Gasteiger partial charge in [-0.2, -0.15) is 0 Å². The normalized spacial score (nSPS) is 10.5. The lowest BCUT2D eigenvalue weighted by Gasteiger charge is -2.09. The molecule has 1 amide bonds. The third-order valence-electron chi connectivity index (χ3n) is 2.08. The second-order valence-electron chi connectivity index (χ2n) is 3.65. The van der Waals surface area contributed by atoms with E-state index in [0.29, 0.717) is 18.1 Å². The van der Waals surface area contributed by atoms with Gasteiger partial charge >= 0.3 is 0 Å². The Labute approximate surface area is 104 Å². The number of tetrazole rings is 1. The Bertz CT molecular complexity index is 355. The average molecular weight is 259 g/mol. The van der Waals surface area contributed by atoms with Crippen LogP contribution in [-0.2, 0) is 11.3 Å². The van der Waals surface area contributed by atoms with E-state index in [4.69, 9.17) is 5.11 Å². The van der Waals surface area contributed by atoms with Crippen LogP contribution in [0.5, 0.6) is 0 Å². The van der Waals surface area contributed by atoms with Crippen molar-refractivity contribution in [3.8, 4) is 0 Å². The summed E-state index contributed by atoms with van der Waals surface area (Å²) in [5.74, 6) is 0.909. The molecule has 1 heterocycles. The first-order valence-corrected chi connectivity index (χ1v) is 6.33. The molecule has 0 bridgehead atoms. The van der Waals surface area contributed by atoms with E-state index in [0.717, 1.165) is 12.2 Å². The smallest absolute Gasteiger partial charge is 0.222 e. The fourth-order valence-corrected chi connectivity index (χ4v) is 1.99. The molecule has 0 unspecified atom stereocenters. The molecule has 1 N–H and O–H groups in total. The molecule has 0 fully saturated rings. The van der Waals surface area contributed by atoms with Crippen molar-refractivity contribution in [2.45, 2.75) is 24.5 Å². The largest absolute Gasteiger partial charge is 0.394 e. The summed E-state index contributed by atoms with van der Waals surface area (Å²) in [4.78, 5) is 12.9. The van der Waals surface area contributed by atoms with E-state index in [-0.39, 0.29) is 12.5 Å². The second-order valence-corrected chi connectivity index (χ2v) is 4.71. The Morgan fingerprint density at radius 3 is 2.94 bits per heavy atom. The van der Waals surface area contributed by atoms with Gasteiger partial charge < -0.3 is 10.0 Å². The van der Waals surface area contributed by atoms with E-state index < -0.39 is 0 Å². The number of carbonyl (C=O) groups is 1. The van der Waals surface area contributed by atoms with Crippen molar-refractivity contribution in [3.63, 3.8) is 0 Å². The molecule has 0 spiro atoms. The van der Waals surface area contributed by atoms with Crippen molar-refractivity contribution in [1.29, 1.82) is 0 Å². The molecule has 0 aliphatic carbocycles. The molecule has 0 saturated heterocycles. The van der Waals surface area contributed by atoms with E-state index in [9.17, 15) is 4.79 Å². The zero-order valence-corrected chi connectivity index (χ0v) is 10.9. The molecule has 96 valence electrons. The van der Waals surface area contributed by atoms with Crippen LogP contribution in [0, 0.1) is 0 Å². The molecule has 1 rings (SSSR count). The van der Waals surface area contributed by atoms with Crippen molar-refractivity contribution in [2.24, 2.45) is 0 Å². The Morgan fingerprint density at radius 2 is 2.29 bits per heavy atom. The first kappa shape index (κ1) is 13.9. The molecule has 7 nitrogen and oxygen atoms in total. The predicted molar refractivity (Wildman–Crippen MR) is 63.6 cm³/mol. The van der Waals surface area contributed by atoms with Crippen LogP contribution in [0.2, 0.25) is 0 Å². The van der Waals surface area contributed by atoms with E-state index in [2.05, 4.69) is 15.5 Å². The van der Waals surface area contributed by atoms with Gasteiger partial charge in [0.25, 0.3) is 0 Å². The Balaban J connectivity index is 2.26. The number of nitrogens with zero attached hydrogens (tertiary/aromatic N) is 5. The number of aliphatic hydroxyl groups is 1. The van der Waals surface area contributed by atoms with Gasteiger partial charge in [-0.15, -0.1) is 5.10 Å². The number of carbonyl (C=O) groups excluding carboxylic acids is 1. The van der Waals surface area contributed by atoms with Crippen molar-refractivity contribution in [1.82, 2.24) is 25.1 Å². The molecule has 0 saturated carbocycles. The molecule has 0 aliphatic rings. The molecule has 1 aromatic heterocycles. The highest BCUT2D eigenvalue weighted by molar-refractivity contribution is 7.99. The number of rotatable bonds is 7. The van der Waals surface area contributed by atoms with Crippen LogP contribution in [0.4, 0.5) is 0 Å². The first-order chi connectivity index (χ1) is 8.15. The summed E-state index contributed by atoms with van der Waals surface area (Å²) in [5, 5.41) is 20.6. The van der Waals surface area contributed by atoms with Gasteiger partial charge in [-0.3, -0.25) is 4.79 Å². The molecule has 17 heavy (non-hydrogen) atoms. The van der Waals surface area contributed by atoms with Crippen LogP contribution >= 0.6 is 11.8 Å². The van der Waals surface area contributed by atoms with Crippen LogP contribution in [-0.4, -0.2) is 62.6 Å².